The van der Waals surface area contributed by atoms with Crippen LogP contribution in [0.3, 0.4) is 0 Å². The molecule has 6 heteroatoms. The Labute approximate surface area is 110 Å². The standard InChI is InChI=1S/C13H16N4O2/c1-17(12(18)13(5-14)6-19-7-13)9-2-3-10-11(4-9)16-8-15-10/h2-4,8H,5-7,14H2,1H3,(H,15,16). The van der Waals surface area contributed by atoms with Gasteiger partial charge in [-0.2, -0.15) is 0 Å². The zero-order chi connectivity index (χ0) is 13.5. The Bertz CT molecular complexity index is 612. The van der Waals surface area contributed by atoms with E-state index in [4.69, 9.17) is 10.5 Å². The fraction of sp³-hybridized carbons (Fsp3) is 0.385. The quantitative estimate of drug-likeness (QED) is 0.841. The minimum absolute atomic E-state index is 0.000107. The maximum Gasteiger partial charge on any atom is 0.238 e. The fourth-order valence-corrected chi connectivity index (χ4v) is 2.28. The van der Waals surface area contributed by atoms with Gasteiger partial charge in [-0.25, -0.2) is 4.98 Å². The summed E-state index contributed by atoms with van der Waals surface area (Å²) in [6.45, 7) is 1.11. The summed E-state index contributed by atoms with van der Waals surface area (Å²) < 4.78 is 5.15. The van der Waals surface area contributed by atoms with Gasteiger partial charge in [0.05, 0.1) is 30.6 Å². The van der Waals surface area contributed by atoms with E-state index in [0.717, 1.165) is 16.7 Å². The first-order valence-electron chi connectivity index (χ1n) is 6.15. The number of fused-ring (bicyclic) bond motifs is 1. The molecule has 1 aliphatic rings. The van der Waals surface area contributed by atoms with Crippen molar-refractivity contribution >= 4 is 22.6 Å². The Morgan fingerprint density at radius 1 is 1.58 bits per heavy atom. The second-order valence-electron chi connectivity index (χ2n) is 4.95. The van der Waals surface area contributed by atoms with Crippen molar-refractivity contribution < 1.29 is 9.53 Å². The number of hydrogen-bond donors (Lipinski definition) is 2. The monoisotopic (exact) mass is 260 g/mol. The molecular formula is C13H16N4O2. The molecule has 0 unspecified atom stereocenters. The molecule has 0 saturated carbocycles. The Kier molecular flexibility index (Phi) is 2.76. The summed E-state index contributed by atoms with van der Waals surface area (Å²) in [6, 6.07) is 5.67. The highest BCUT2D eigenvalue weighted by atomic mass is 16.5. The van der Waals surface area contributed by atoms with E-state index in [1.165, 1.54) is 0 Å². The molecule has 1 amide bonds. The summed E-state index contributed by atoms with van der Waals surface area (Å²) in [5.41, 5.74) is 7.76. The summed E-state index contributed by atoms with van der Waals surface area (Å²) >= 11 is 0. The summed E-state index contributed by atoms with van der Waals surface area (Å²) in [4.78, 5) is 21.3. The fourth-order valence-electron chi connectivity index (χ4n) is 2.28. The number of amides is 1. The van der Waals surface area contributed by atoms with Crippen LogP contribution < -0.4 is 10.6 Å². The first kappa shape index (κ1) is 12.1. The molecule has 1 saturated heterocycles. The van der Waals surface area contributed by atoms with Crippen molar-refractivity contribution in [2.24, 2.45) is 11.1 Å². The molecular weight excluding hydrogens is 244 g/mol. The number of imidazole rings is 1. The summed E-state index contributed by atoms with van der Waals surface area (Å²) in [7, 11) is 1.76. The van der Waals surface area contributed by atoms with Gasteiger partial charge in [-0.15, -0.1) is 0 Å². The number of aromatic nitrogens is 2. The first-order valence-corrected chi connectivity index (χ1v) is 6.15. The first-order chi connectivity index (χ1) is 9.16. The Balaban J connectivity index is 1.90. The predicted molar refractivity (Wildman–Crippen MR) is 71.8 cm³/mol. The van der Waals surface area contributed by atoms with Crippen LogP contribution in [0, 0.1) is 5.41 Å². The van der Waals surface area contributed by atoms with Crippen molar-refractivity contribution in [2.45, 2.75) is 0 Å². The van der Waals surface area contributed by atoms with Crippen LogP contribution in [0.5, 0.6) is 0 Å². The number of hydrogen-bond acceptors (Lipinski definition) is 4. The molecule has 1 fully saturated rings. The molecule has 100 valence electrons. The topological polar surface area (TPSA) is 84.2 Å². The number of nitrogens with zero attached hydrogens (tertiary/aromatic N) is 2. The smallest absolute Gasteiger partial charge is 0.238 e. The van der Waals surface area contributed by atoms with Gasteiger partial charge >= 0.3 is 0 Å². The molecule has 3 rings (SSSR count). The molecule has 0 atom stereocenters. The zero-order valence-corrected chi connectivity index (χ0v) is 10.7. The number of nitrogens with two attached hydrogens (primary N) is 1. The average molecular weight is 260 g/mol. The van der Waals surface area contributed by atoms with Crippen LogP contribution in [-0.2, 0) is 9.53 Å². The summed E-state index contributed by atoms with van der Waals surface area (Å²) in [6.07, 6.45) is 1.64. The van der Waals surface area contributed by atoms with Gasteiger partial charge < -0.3 is 20.4 Å². The minimum Gasteiger partial charge on any atom is -0.379 e. The number of aromatic amines is 1. The van der Waals surface area contributed by atoms with Crippen LogP contribution >= 0.6 is 0 Å². The van der Waals surface area contributed by atoms with E-state index in [0.29, 0.717) is 19.8 Å². The lowest BCUT2D eigenvalue weighted by atomic mass is 9.84. The molecule has 0 radical (unpaired) electrons. The number of carbonyl (C=O) groups is 1. The van der Waals surface area contributed by atoms with E-state index in [9.17, 15) is 4.79 Å². The van der Waals surface area contributed by atoms with Crippen LogP contribution in [0.15, 0.2) is 24.5 Å². The third-order valence-electron chi connectivity index (χ3n) is 3.70. The number of rotatable bonds is 3. The van der Waals surface area contributed by atoms with Crippen LogP contribution in [0.2, 0.25) is 0 Å². The summed E-state index contributed by atoms with van der Waals surface area (Å²) in [5.74, 6) is 0.000107. The Hall–Kier alpha value is -1.92. The molecule has 1 aliphatic heterocycles. The van der Waals surface area contributed by atoms with Crippen molar-refractivity contribution in [3.63, 3.8) is 0 Å². The van der Waals surface area contributed by atoms with Gasteiger partial charge in [-0.1, -0.05) is 0 Å². The van der Waals surface area contributed by atoms with Crippen LogP contribution in [-0.4, -0.2) is 42.7 Å². The van der Waals surface area contributed by atoms with Crippen molar-refractivity contribution in [1.82, 2.24) is 9.97 Å². The molecule has 2 heterocycles. The maximum absolute atomic E-state index is 12.5. The number of anilines is 1. The highest BCUT2D eigenvalue weighted by Crippen LogP contribution is 2.30. The third-order valence-corrected chi connectivity index (χ3v) is 3.70. The van der Waals surface area contributed by atoms with Crippen molar-refractivity contribution in [3.05, 3.63) is 24.5 Å². The molecule has 0 spiro atoms. The van der Waals surface area contributed by atoms with E-state index in [-0.39, 0.29) is 5.91 Å². The van der Waals surface area contributed by atoms with E-state index < -0.39 is 5.41 Å². The maximum atomic E-state index is 12.5. The van der Waals surface area contributed by atoms with Gasteiger partial charge in [0.15, 0.2) is 0 Å². The number of carbonyl (C=O) groups excluding carboxylic acids is 1. The summed E-state index contributed by atoms with van der Waals surface area (Å²) in [5, 5.41) is 0. The second kappa shape index (κ2) is 4.32. The lowest BCUT2D eigenvalue weighted by molar-refractivity contribution is -0.156. The van der Waals surface area contributed by atoms with Gasteiger partial charge in [0.2, 0.25) is 5.91 Å². The molecule has 2 aromatic rings. The van der Waals surface area contributed by atoms with Crippen LogP contribution in [0.1, 0.15) is 0 Å². The lowest BCUT2D eigenvalue weighted by Crippen LogP contribution is -2.58. The van der Waals surface area contributed by atoms with Crippen LogP contribution in [0.4, 0.5) is 5.69 Å². The van der Waals surface area contributed by atoms with Gasteiger partial charge in [0.1, 0.15) is 5.41 Å². The van der Waals surface area contributed by atoms with Crippen LogP contribution in [0.25, 0.3) is 11.0 Å². The number of nitrogens with one attached hydrogen (secondary N) is 1. The molecule has 0 bridgehead atoms. The van der Waals surface area contributed by atoms with Gasteiger partial charge in [0.25, 0.3) is 0 Å². The predicted octanol–water partition coefficient (Wildman–Crippen LogP) is 0.501. The Morgan fingerprint density at radius 2 is 2.37 bits per heavy atom. The van der Waals surface area contributed by atoms with E-state index >= 15 is 0 Å². The van der Waals surface area contributed by atoms with E-state index in [1.54, 1.807) is 18.3 Å². The molecule has 19 heavy (non-hydrogen) atoms. The van der Waals surface area contributed by atoms with E-state index in [2.05, 4.69) is 9.97 Å². The number of H-pyrrole nitrogens is 1. The van der Waals surface area contributed by atoms with Crippen molar-refractivity contribution in [1.29, 1.82) is 0 Å². The normalized spacial score (nSPS) is 17.2. The average Bonchev–Trinajstić information content (AvgIpc) is 2.84. The van der Waals surface area contributed by atoms with Crippen molar-refractivity contribution in [3.8, 4) is 0 Å². The SMILES string of the molecule is CN(C(=O)C1(CN)COC1)c1ccc2nc[nH]c2c1. The van der Waals surface area contributed by atoms with E-state index in [1.807, 2.05) is 18.2 Å². The molecule has 3 N–H and O–H groups in total. The molecule has 0 aliphatic carbocycles. The minimum atomic E-state index is -0.558. The molecule has 1 aromatic heterocycles. The van der Waals surface area contributed by atoms with Gasteiger partial charge in [0, 0.05) is 19.3 Å². The second-order valence-corrected chi connectivity index (χ2v) is 4.95. The molecule has 1 aromatic carbocycles. The Morgan fingerprint density at radius 3 is 3.00 bits per heavy atom. The highest BCUT2D eigenvalue weighted by Gasteiger charge is 2.46. The van der Waals surface area contributed by atoms with Gasteiger partial charge in [-0.3, -0.25) is 4.79 Å². The number of benzene rings is 1. The van der Waals surface area contributed by atoms with Crippen molar-refractivity contribution in [2.75, 3.05) is 31.7 Å². The molecule has 6 nitrogen and oxygen atoms in total. The third kappa shape index (κ3) is 1.80. The number of ether oxygens (including phenoxy) is 1. The largest absolute Gasteiger partial charge is 0.379 e. The van der Waals surface area contributed by atoms with Gasteiger partial charge in [-0.05, 0) is 18.2 Å². The lowest BCUT2D eigenvalue weighted by Gasteiger charge is -2.41. The highest BCUT2D eigenvalue weighted by molar-refractivity contribution is 5.99. The zero-order valence-electron chi connectivity index (χ0n) is 10.7.